The van der Waals surface area contributed by atoms with E-state index in [0.29, 0.717) is 35.0 Å². The zero-order chi connectivity index (χ0) is 23.8. The maximum Gasteiger partial charge on any atom is 0.257 e. The number of hydrogen-bond acceptors (Lipinski definition) is 5. The highest BCUT2D eigenvalue weighted by molar-refractivity contribution is 6.04. The van der Waals surface area contributed by atoms with Gasteiger partial charge in [0, 0.05) is 55.7 Å². The summed E-state index contributed by atoms with van der Waals surface area (Å²) in [6.07, 6.45) is 1.54. The number of amides is 2. The molecule has 0 saturated carbocycles. The molecular weight excluding hydrogens is 420 g/mol. The summed E-state index contributed by atoms with van der Waals surface area (Å²) in [6.45, 7) is 3.75. The fraction of sp³-hybridized carbons (Fsp3) is 0.240. The SMILES string of the molecule is COC[C@H](C)Oc1cc(C#Cc2ccc(NC(C)=O)cc2)cc(C(=O)Nc2ccn(C)n2)c1. The summed E-state index contributed by atoms with van der Waals surface area (Å²) in [4.78, 5) is 24.0. The standard InChI is InChI=1S/C25H26N4O4/c1-17(16-32-4)33-23-14-20(6-5-19-7-9-22(10-8-19)26-18(2)30)13-21(15-23)25(31)27-24-11-12-29(3)28-24/h7-15,17H,16H2,1-4H3,(H,26,30)(H,27,28,31)/t17-/m0/s1. The highest BCUT2D eigenvalue weighted by atomic mass is 16.5. The van der Waals surface area contributed by atoms with Crippen molar-refractivity contribution >= 4 is 23.3 Å². The van der Waals surface area contributed by atoms with Gasteiger partial charge in [-0.05, 0) is 49.4 Å². The average Bonchev–Trinajstić information content (AvgIpc) is 3.17. The monoisotopic (exact) mass is 446 g/mol. The van der Waals surface area contributed by atoms with E-state index in [9.17, 15) is 9.59 Å². The molecule has 2 aromatic carbocycles. The Hall–Kier alpha value is -4.09. The van der Waals surface area contributed by atoms with Crippen LogP contribution in [0.4, 0.5) is 11.5 Å². The summed E-state index contributed by atoms with van der Waals surface area (Å²) in [7, 11) is 3.38. The van der Waals surface area contributed by atoms with Gasteiger partial charge in [-0.1, -0.05) is 11.8 Å². The Balaban J connectivity index is 1.86. The molecule has 0 radical (unpaired) electrons. The van der Waals surface area contributed by atoms with Gasteiger partial charge in [0.05, 0.1) is 6.61 Å². The second-order valence-electron chi connectivity index (χ2n) is 7.47. The van der Waals surface area contributed by atoms with E-state index in [1.54, 1.807) is 61.4 Å². The molecule has 3 rings (SSSR count). The molecule has 2 amide bonds. The third kappa shape index (κ3) is 7.23. The summed E-state index contributed by atoms with van der Waals surface area (Å²) >= 11 is 0. The number of anilines is 2. The van der Waals surface area contributed by atoms with Crippen molar-refractivity contribution in [2.24, 2.45) is 7.05 Å². The van der Waals surface area contributed by atoms with Gasteiger partial charge in [-0.2, -0.15) is 5.10 Å². The number of methoxy groups -OCH3 is 1. The number of nitrogens with one attached hydrogen (secondary N) is 2. The number of aromatic nitrogens is 2. The van der Waals surface area contributed by atoms with Crippen molar-refractivity contribution in [3.05, 3.63) is 71.4 Å². The lowest BCUT2D eigenvalue weighted by molar-refractivity contribution is -0.114. The van der Waals surface area contributed by atoms with Gasteiger partial charge in [-0.25, -0.2) is 0 Å². The molecular formula is C25H26N4O4. The van der Waals surface area contributed by atoms with Crippen LogP contribution in [0.1, 0.15) is 35.3 Å². The van der Waals surface area contributed by atoms with Crippen LogP contribution >= 0.6 is 0 Å². The van der Waals surface area contributed by atoms with Gasteiger partial charge >= 0.3 is 0 Å². The number of benzene rings is 2. The number of hydrogen-bond donors (Lipinski definition) is 2. The van der Waals surface area contributed by atoms with Crippen molar-refractivity contribution in [2.75, 3.05) is 24.4 Å². The molecule has 1 heterocycles. The topological polar surface area (TPSA) is 94.5 Å². The molecule has 3 aromatic rings. The highest BCUT2D eigenvalue weighted by Gasteiger charge is 2.12. The van der Waals surface area contributed by atoms with E-state index in [2.05, 4.69) is 27.6 Å². The quantitative estimate of drug-likeness (QED) is 0.542. The Labute approximate surface area is 192 Å². The number of carbonyl (C=O) groups is 2. The smallest absolute Gasteiger partial charge is 0.257 e. The minimum absolute atomic E-state index is 0.134. The molecule has 0 fully saturated rings. The molecule has 1 aromatic heterocycles. The van der Waals surface area contributed by atoms with E-state index in [1.807, 2.05) is 19.1 Å². The van der Waals surface area contributed by atoms with Gasteiger partial charge < -0.3 is 20.1 Å². The van der Waals surface area contributed by atoms with Crippen LogP contribution < -0.4 is 15.4 Å². The first-order valence-corrected chi connectivity index (χ1v) is 10.3. The van der Waals surface area contributed by atoms with Crippen LogP contribution in [0.15, 0.2) is 54.7 Å². The van der Waals surface area contributed by atoms with Crippen LogP contribution in [-0.2, 0) is 16.6 Å². The van der Waals surface area contributed by atoms with Gasteiger partial charge in [-0.15, -0.1) is 0 Å². The van der Waals surface area contributed by atoms with E-state index in [1.165, 1.54) is 6.92 Å². The number of carbonyl (C=O) groups excluding carboxylic acids is 2. The first kappa shape index (κ1) is 23.6. The molecule has 2 N–H and O–H groups in total. The Kier molecular flexibility index (Phi) is 7.84. The molecule has 0 aliphatic heterocycles. The predicted molar refractivity (Wildman–Crippen MR) is 126 cm³/mol. The lowest BCUT2D eigenvalue weighted by Gasteiger charge is -2.15. The van der Waals surface area contributed by atoms with E-state index < -0.39 is 0 Å². The van der Waals surface area contributed by atoms with Crippen LogP contribution in [0.2, 0.25) is 0 Å². The van der Waals surface area contributed by atoms with Gasteiger partial charge in [0.25, 0.3) is 5.91 Å². The molecule has 0 spiro atoms. The third-order valence-corrected chi connectivity index (χ3v) is 4.42. The molecule has 0 unspecified atom stereocenters. The lowest BCUT2D eigenvalue weighted by atomic mass is 10.1. The average molecular weight is 447 g/mol. The molecule has 0 saturated heterocycles. The lowest BCUT2D eigenvalue weighted by Crippen LogP contribution is -2.19. The van der Waals surface area contributed by atoms with Gasteiger partial charge in [0.1, 0.15) is 11.9 Å². The number of aryl methyl sites for hydroxylation is 1. The molecule has 33 heavy (non-hydrogen) atoms. The molecule has 170 valence electrons. The largest absolute Gasteiger partial charge is 0.488 e. The van der Waals surface area contributed by atoms with E-state index in [0.717, 1.165) is 5.56 Å². The first-order chi connectivity index (χ1) is 15.8. The zero-order valence-corrected chi connectivity index (χ0v) is 19.0. The van der Waals surface area contributed by atoms with Gasteiger partial charge in [0.15, 0.2) is 5.82 Å². The Bertz CT molecular complexity index is 1190. The van der Waals surface area contributed by atoms with Crippen LogP contribution in [0, 0.1) is 11.8 Å². The Morgan fingerprint density at radius 1 is 1.06 bits per heavy atom. The summed E-state index contributed by atoms with van der Waals surface area (Å²) in [5, 5.41) is 9.67. The molecule has 0 bridgehead atoms. The van der Waals surface area contributed by atoms with Crippen molar-refractivity contribution in [3.8, 4) is 17.6 Å². The number of rotatable bonds is 7. The summed E-state index contributed by atoms with van der Waals surface area (Å²) in [5.74, 6) is 6.67. The van der Waals surface area contributed by atoms with Crippen molar-refractivity contribution < 1.29 is 19.1 Å². The van der Waals surface area contributed by atoms with E-state index in [4.69, 9.17) is 9.47 Å². The number of nitrogens with zero attached hydrogens (tertiary/aromatic N) is 2. The first-order valence-electron chi connectivity index (χ1n) is 10.3. The minimum Gasteiger partial charge on any atom is -0.488 e. The van der Waals surface area contributed by atoms with Crippen molar-refractivity contribution in [1.82, 2.24) is 9.78 Å². The van der Waals surface area contributed by atoms with Crippen LogP contribution in [-0.4, -0.2) is 41.4 Å². The Morgan fingerprint density at radius 2 is 1.79 bits per heavy atom. The summed E-state index contributed by atoms with van der Waals surface area (Å²) in [6, 6.07) is 14.0. The van der Waals surface area contributed by atoms with E-state index in [-0.39, 0.29) is 17.9 Å². The zero-order valence-electron chi connectivity index (χ0n) is 19.0. The predicted octanol–water partition coefficient (Wildman–Crippen LogP) is 3.44. The second kappa shape index (κ2) is 11.0. The minimum atomic E-state index is -0.318. The molecule has 1 atom stereocenters. The second-order valence-corrected chi connectivity index (χ2v) is 7.47. The van der Waals surface area contributed by atoms with E-state index >= 15 is 0 Å². The maximum atomic E-state index is 12.8. The molecule has 8 heteroatoms. The summed E-state index contributed by atoms with van der Waals surface area (Å²) in [5.41, 5.74) is 2.48. The summed E-state index contributed by atoms with van der Waals surface area (Å²) < 4.78 is 12.7. The molecule has 0 aliphatic rings. The van der Waals surface area contributed by atoms with Crippen molar-refractivity contribution in [3.63, 3.8) is 0 Å². The van der Waals surface area contributed by atoms with Crippen LogP contribution in [0.5, 0.6) is 5.75 Å². The third-order valence-electron chi connectivity index (χ3n) is 4.42. The normalized spacial score (nSPS) is 11.2. The Morgan fingerprint density at radius 3 is 2.42 bits per heavy atom. The fourth-order valence-electron chi connectivity index (χ4n) is 3.03. The highest BCUT2D eigenvalue weighted by Crippen LogP contribution is 2.20. The molecule has 0 aliphatic carbocycles. The maximum absolute atomic E-state index is 12.8. The number of ether oxygens (including phenoxy) is 2. The van der Waals surface area contributed by atoms with Gasteiger partial charge in [0.2, 0.25) is 5.91 Å². The fourth-order valence-corrected chi connectivity index (χ4v) is 3.03. The molecule has 8 nitrogen and oxygen atoms in total. The van der Waals surface area contributed by atoms with Gasteiger partial charge in [-0.3, -0.25) is 14.3 Å². The van der Waals surface area contributed by atoms with Crippen molar-refractivity contribution in [1.29, 1.82) is 0 Å². The van der Waals surface area contributed by atoms with Crippen LogP contribution in [0.25, 0.3) is 0 Å². The van der Waals surface area contributed by atoms with Crippen molar-refractivity contribution in [2.45, 2.75) is 20.0 Å². The van der Waals surface area contributed by atoms with Crippen LogP contribution in [0.3, 0.4) is 0 Å².